The van der Waals surface area contributed by atoms with E-state index in [0.29, 0.717) is 10.3 Å². The average molecular weight is 382 g/mol. The third-order valence-electron chi connectivity index (χ3n) is 4.88. The minimum atomic E-state index is -1.36. The molecule has 3 aromatic carbocycles. The van der Waals surface area contributed by atoms with Gasteiger partial charge in [-0.3, -0.25) is 0 Å². The molecule has 0 radical (unpaired) electrons. The molecule has 0 aliphatic carbocycles. The van der Waals surface area contributed by atoms with Crippen molar-refractivity contribution in [3.8, 4) is 11.5 Å². The van der Waals surface area contributed by atoms with Crippen molar-refractivity contribution in [1.29, 1.82) is 0 Å². The number of hydrogen-bond acceptors (Lipinski definition) is 5. The standard InChI is InChI=1S/C21H22N2O3S/c1-26-20-8-6-15(14-18(20)23-12-10-22-11-13-23)27(25)21-9-7-19(24)16-4-2-3-5-17(16)21/h2-9,14,22,24H,10-13H2,1H3. The Morgan fingerprint density at radius 2 is 1.78 bits per heavy atom. The lowest BCUT2D eigenvalue weighted by atomic mass is 10.1. The number of fused-ring (bicyclic) bond motifs is 1. The normalized spacial score (nSPS) is 15.7. The lowest BCUT2D eigenvalue weighted by Gasteiger charge is -2.30. The number of rotatable bonds is 4. The monoisotopic (exact) mass is 382 g/mol. The van der Waals surface area contributed by atoms with Crippen LogP contribution in [-0.4, -0.2) is 42.6 Å². The summed E-state index contributed by atoms with van der Waals surface area (Å²) in [5.74, 6) is 0.982. The Morgan fingerprint density at radius 1 is 1.04 bits per heavy atom. The van der Waals surface area contributed by atoms with E-state index in [1.807, 2.05) is 42.5 Å². The van der Waals surface area contributed by atoms with Gasteiger partial charge in [0.05, 0.1) is 28.5 Å². The number of phenolic OH excluding ortho intramolecular Hbond substituents is 1. The van der Waals surface area contributed by atoms with Gasteiger partial charge in [0.1, 0.15) is 11.5 Å². The molecule has 0 bridgehead atoms. The summed E-state index contributed by atoms with van der Waals surface area (Å²) in [7, 11) is 0.294. The summed E-state index contributed by atoms with van der Waals surface area (Å²) in [5.41, 5.74) is 0.966. The van der Waals surface area contributed by atoms with Crippen LogP contribution in [-0.2, 0) is 10.8 Å². The van der Waals surface area contributed by atoms with Crippen molar-refractivity contribution in [2.24, 2.45) is 0 Å². The maximum atomic E-state index is 13.4. The van der Waals surface area contributed by atoms with E-state index >= 15 is 0 Å². The van der Waals surface area contributed by atoms with Gasteiger partial charge in [-0.15, -0.1) is 0 Å². The van der Waals surface area contributed by atoms with Crippen LogP contribution >= 0.6 is 0 Å². The summed E-state index contributed by atoms with van der Waals surface area (Å²) < 4.78 is 18.9. The van der Waals surface area contributed by atoms with Crippen molar-refractivity contribution in [3.05, 3.63) is 54.6 Å². The highest BCUT2D eigenvalue weighted by atomic mass is 32.2. The van der Waals surface area contributed by atoms with Crippen molar-refractivity contribution in [3.63, 3.8) is 0 Å². The van der Waals surface area contributed by atoms with Crippen molar-refractivity contribution >= 4 is 27.3 Å². The molecular weight excluding hydrogens is 360 g/mol. The van der Waals surface area contributed by atoms with Crippen molar-refractivity contribution in [1.82, 2.24) is 5.32 Å². The molecule has 6 heteroatoms. The summed E-state index contributed by atoms with van der Waals surface area (Å²) in [6, 6.07) is 16.5. The molecule has 0 saturated carbocycles. The molecule has 4 rings (SSSR count). The van der Waals surface area contributed by atoms with Crippen LogP contribution in [0.25, 0.3) is 10.8 Å². The van der Waals surface area contributed by atoms with Crippen LogP contribution in [0.5, 0.6) is 11.5 Å². The molecule has 1 heterocycles. The first-order valence-electron chi connectivity index (χ1n) is 8.95. The number of piperazine rings is 1. The number of nitrogens with one attached hydrogen (secondary N) is 1. The van der Waals surface area contributed by atoms with Crippen LogP contribution in [0.3, 0.4) is 0 Å². The number of ether oxygens (including phenoxy) is 1. The van der Waals surface area contributed by atoms with Gasteiger partial charge < -0.3 is 20.1 Å². The highest BCUT2D eigenvalue weighted by molar-refractivity contribution is 7.85. The van der Waals surface area contributed by atoms with Gasteiger partial charge in [-0.05, 0) is 30.3 Å². The second-order valence-corrected chi connectivity index (χ2v) is 7.92. The van der Waals surface area contributed by atoms with Crippen LogP contribution < -0.4 is 15.0 Å². The molecule has 2 N–H and O–H groups in total. The number of phenols is 1. The van der Waals surface area contributed by atoms with E-state index < -0.39 is 10.8 Å². The Labute approximate surface area is 161 Å². The van der Waals surface area contributed by atoms with Gasteiger partial charge in [-0.1, -0.05) is 24.3 Å². The number of benzene rings is 3. The van der Waals surface area contributed by atoms with Gasteiger partial charge in [0.2, 0.25) is 0 Å². The summed E-state index contributed by atoms with van der Waals surface area (Å²) in [6.45, 7) is 3.60. The predicted molar refractivity (Wildman–Crippen MR) is 108 cm³/mol. The molecule has 1 saturated heterocycles. The topological polar surface area (TPSA) is 61.8 Å². The molecule has 0 spiro atoms. The molecule has 27 heavy (non-hydrogen) atoms. The first kappa shape index (κ1) is 17.8. The van der Waals surface area contributed by atoms with E-state index in [1.165, 1.54) is 0 Å². The summed E-state index contributed by atoms with van der Waals surface area (Å²) in [6.07, 6.45) is 0. The maximum absolute atomic E-state index is 13.4. The molecule has 1 fully saturated rings. The van der Waals surface area contributed by atoms with Gasteiger partial charge in [-0.2, -0.15) is 0 Å². The van der Waals surface area contributed by atoms with E-state index in [2.05, 4.69) is 10.2 Å². The molecule has 1 unspecified atom stereocenters. The highest BCUT2D eigenvalue weighted by Crippen LogP contribution is 2.35. The molecule has 1 atom stereocenters. The van der Waals surface area contributed by atoms with Crippen LogP contribution in [0.15, 0.2) is 64.4 Å². The number of nitrogens with zero attached hydrogens (tertiary/aromatic N) is 1. The highest BCUT2D eigenvalue weighted by Gasteiger charge is 2.19. The zero-order valence-electron chi connectivity index (χ0n) is 15.1. The first-order valence-corrected chi connectivity index (χ1v) is 10.1. The van der Waals surface area contributed by atoms with Crippen molar-refractivity contribution < 1.29 is 14.1 Å². The zero-order chi connectivity index (χ0) is 18.8. The molecule has 1 aliphatic heterocycles. The van der Waals surface area contributed by atoms with Gasteiger partial charge in [0.25, 0.3) is 0 Å². The largest absolute Gasteiger partial charge is 0.507 e. The van der Waals surface area contributed by atoms with E-state index in [1.54, 1.807) is 19.2 Å². The lowest BCUT2D eigenvalue weighted by molar-refractivity contribution is 0.412. The quantitative estimate of drug-likeness (QED) is 0.726. The van der Waals surface area contributed by atoms with E-state index in [4.69, 9.17) is 4.74 Å². The minimum Gasteiger partial charge on any atom is -0.507 e. The van der Waals surface area contributed by atoms with E-state index in [9.17, 15) is 9.32 Å². The molecule has 1 aliphatic rings. The number of hydrogen-bond donors (Lipinski definition) is 2. The molecule has 0 amide bonds. The third kappa shape index (κ3) is 3.38. The smallest absolute Gasteiger partial charge is 0.142 e. The van der Waals surface area contributed by atoms with Gasteiger partial charge in [0.15, 0.2) is 0 Å². The lowest BCUT2D eigenvalue weighted by Crippen LogP contribution is -2.43. The van der Waals surface area contributed by atoms with Crippen LogP contribution in [0.1, 0.15) is 0 Å². The van der Waals surface area contributed by atoms with Gasteiger partial charge in [-0.25, -0.2) is 4.21 Å². The van der Waals surface area contributed by atoms with Gasteiger partial charge in [0, 0.05) is 41.8 Å². The molecule has 0 aromatic heterocycles. The number of aromatic hydroxyl groups is 1. The molecule has 5 nitrogen and oxygen atoms in total. The summed E-state index contributed by atoms with van der Waals surface area (Å²) in [5, 5.41) is 15.0. The Bertz CT molecular complexity index is 1000. The minimum absolute atomic E-state index is 0.197. The Morgan fingerprint density at radius 3 is 2.52 bits per heavy atom. The predicted octanol–water partition coefficient (Wildman–Crippen LogP) is 3.13. The Hall–Kier alpha value is -2.57. The summed E-state index contributed by atoms with van der Waals surface area (Å²) >= 11 is 0. The van der Waals surface area contributed by atoms with Crippen LogP contribution in [0, 0.1) is 0 Å². The number of methoxy groups -OCH3 is 1. The number of anilines is 1. The Kier molecular flexibility index (Phi) is 5.01. The molecule has 140 valence electrons. The Balaban J connectivity index is 1.77. The fourth-order valence-electron chi connectivity index (χ4n) is 3.48. The molecular formula is C21H22N2O3S. The zero-order valence-corrected chi connectivity index (χ0v) is 16.0. The second kappa shape index (κ2) is 7.58. The maximum Gasteiger partial charge on any atom is 0.142 e. The SMILES string of the molecule is COc1ccc(S(=O)c2ccc(O)c3ccccc23)cc1N1CCNCC1. The first-order chi connectivity index (χ1) is 13.2. The van der Waals surface area contributed by atoms with Crippen LogP contribution in [0.2, 0.25) is 0 Å². The van der Waals surface area contributed by atoms with Gasteiger partial charge >= 0.3 is 0 Å². The fraction of sp³-hybridized carbons (Fsp3) is 0.238. The fourth-order valence-corrected chi connectivity index (χ4v) is 4.72. The van der Waals surface area contributed by atoms with Crippen molar-refractivity contribution in [2.75, 3.05) is 38.2 Å². The third-order valence-corrected chi connectivity index (χ3v) is 6.32. The second-order valence-electron chi connectivity index (χ2n) is 6.47. The van der Waals surface area contributed by atoms with E-state index in [-0.39, 0.29) is 5.75 Å². The van der Waals surface area contributed by atoms with E-state index in [0.717, 1.165) is 47.9 Å². The summed E-state index contributed by atoms with van der Waals surface area (Å²) in [4.78, 5) is 3.67. The average Bonchev–Trinajstić information content (AvgIpc) is 2.74. The molecule has 3 aromatic rings. The van der Waals surface area contributed by atoms with Crippen LogP contribution in [0.4, 0.5) is 5.69 Å². The van der Waals surface area contributed by atoms with Crippen molar-refractivity contribution in [2.45, 2.75) is 9.79 Å².